The number of aromatic nitrogens is 1. The second kappa shape index (κ2) is 16.4. The molecule has 0 spiro atoms. The van der Waals surface area contributed by atoms with E-state index in [2.05, 4.69) is 137 Å². The number of pyridine rings is 1. The maximum Gasteiger partial charge on any atom is 0.157 e. The van der Waals surface area contributed by atoms with E-state index in [0.29, 0.717) is 5.92 Å². The molecule has 4 nitrogen and oxygen atoms in total. The van der Waals surface area contributed by atoms with Gasteiger partial charge in [-0.05, 0) is 98.5 Å². The van der Waals surface area contributed by atoms with Crippen LogP contribution in [0.5, 0.6) is 0 Å². The van der Waals surface area contributed by atoms with Crippen molar-refractivity contribution in [1.29, 1.82) is 0 Å². The third-order valence-corrected chi connectivity index (χ3v) is 10.5. The van der Waals surface area contributed by atoms with Crippen LogP contribution in [0.4, 0.5) is 0 Å². The Morgan fingerprint density at radius 3 is 2.14 bits per heavy atom. The van der Waals surface area contributed by atoms with Crippen LogP contribution in [-0.2, 0) is 30.3 Å². The van der Waals surface area contributed by atoms with Crippen LogP contribution in [0.3, 0.4) is 0 Å². The minimum absolute atomic E-state index is 0. The number of rotatable bonds is 10. The summed E-state index contributed by atoms with van der Waals surface area (Å²) < 4.78 is 6.41. The van der Waals surface area contributed by atoms with Gasteiger partial charge in [-0.15, -0.1) is 35.4 Å². The fourth-order valence-corrected chi connectivity index (χ4v) is 8.02. The van der Waals surface area contributed by atoms with E-state index in [4.69, 9.17) is 9.40 Å². The molecule has 0 N–H and O–H groups in total. The maximum atomic E-state index is 12.2. The van der Waals surface area contributed by atoms with Crippen LogP contribution in [0.25, 0.3) is 49.8 Å². The number of fused-ring (bicyclic) bond motifs is 6. The molecule has 0 saturated carbocycles. The zero-order valence-corrected chi connectivity index (χ0v) is 35.2. The Morgan fingerprint density at radius 2 is 1.51 bits per heavy atom. The van der Waals surface area contributed by atoms with E-state index in [1.807, 2.05) is 12.1 Å². The Bertz CT molecular complexity index is 2060. The number of allylic oxidation sites excluding steroid dienone is 2. The molecule has 3 aromatic carbocycles. The minimum atomic E-state index is -0.204. The van der Waals surface area contributed by atoms with Crippen LogP contribution in [0, 0.1) is 45.6 Å². The van der Waals surface area contributed by atoms with Crippen LogP contribution in [0.2, 0.25) is 0 Å². The quantitative estimate of drug-likeness (QED) is 0.104. The molecule has 6 rings (SSSR count). The Hall–Kier alpha value is -3.53. The first kappa shape index (κ1) is 40.2. The van der Waals surface area contributed by atoms with Crippen molar-refractivity contribution in [2.75, 3.05) is 0 Å². The largest absolute Gasteiger partial charge is 0.685 e. The van der Waals surface area contributed by atoms with E-state index >= 15 is 0 Å². The second-order valence-electron chi connectivity index (χ2n) is 15.1. The van der Waals surface area contributed by atoms with Gasteiger partial charge in [0.15, 0.2) is 5.78 Å². The van der Waals surface area contributed by atoms with Crippen molar-refractivity contribution in [3.63, 3.8) is 0 Å². The summed E-state index contributed by atoms with van der Waals surface area (Å²) in [6.07, 6.45) is 5.76. The summed E-state index contributed by atoms with van der Waals surface area (Å²) in [5, 5.41) is 7.11. The summed E-state index contributed by atoms with van der Waals surface area (Å²) >= 11 is 0. The average Bonchev–Trinajstić information content (AvgIpc) is 3.54. The standard InChI is InChI=1S/C30H26NO.C16H31NO.Ir/c1-16-10-11-25-22(13-16)28-29(32-25)21-9-7-8-20(27(21)30(28,5)6)23-15-19(4)26-18(3)12-17(2)14-24(26)31-23;1-7-13(8-2)15(17-12(5)6)11-16(18)14(9-3)10-4;/h7,9-15H,1-6H3;11-14H,7-10H2,1-6H3,(H,17,18);/q-1;;/p-1. The zero-order chi connectivity index (χ0) is 36.5. The number of carbonyl (C=O) groups is 1. The topological polar surface area (TPSA) is 57.2 Å². The Kier molecular flexibility index (Phi) is 13.0. The van der Waals surface area contributed by atoms with E-state index in [1.54, 1.807) is 0 Å². The van der Waals surface area contributed by atoms with Gasteiger partial charge in [0.1, 0.15) is 11.3 Å². The van der Waals surface area contributed by atoms with Gasteiger partial charge in [-0.1, -0.05) is 97.6 Å². The van der Waals surface area contributed by atoms with E-state index in [9.17, 15) is 4.79 Å². The summed E-state index contributed by atoms with van der Waals surface area (Å²) in [7, 11) is 0. The summed E-state index contributed by atoms with van der Waals surface area (Å²) in [5.41, 5.74) is 13.6. The smallest absolute Gasteiger partial charge is 0.157 e. The van der Waals surface area contributed by atoms with Crippen molar-refractivity contribution in [1.82, 2.24) is 4.98 Å². The van der Waals surface area contributed by atoms with Crippen molar-refractivity contribution < 1.29 is 29.3 Å². The molecule has 1 aliphatic rings. The number of nitrogens with zero attached hydrogens (tertiary/aromatic N) is 2. The summed E-state index contributed by atoms with van der Waals surface area (Å²) in [5.74, 6) is 1.83. The van der Waals surface area contributed by atoms with Crippen LogP contribution >= 0.6 is 0 Å². The molecule has 5 aromatic rings. The number of hydrogen-bond acceptors (Lipinski definition) is 3. The van der Waals surface area contributed by atoms with Crippen LogP contribution in [-0.4, -0.2) is 16.8 Å². The van der Waals surface area contributed by atoms with Gasteiger partial charge in [-0.2, -0.15) is 5.70 Å². The number of ketones is 1. The first-order chi connectivity index (χ1) is 23.7. The third-order valence-electron chi connectivity index (χ3n) is 10.5. The van der Waals surface area contributed by atoms with Gasteiger partial charge in [-0.25, -0.2) is 0 Å². The van der Waals surface area contributed by atoms with E-state index in [1.165, 1.54) is 44.2 Å². The normalized spacial score (nSPS) is 13.4. The fraction of sp³-hybridized carbons (Fsp3) is 0.435. The number of aryl methyl sites for hydroxylation is 4. The van der Waals surface area contributed by atoms with Gasteiger partial charge in [0.05, 0.1) is 5.52 Å². The number of furan rings is 1. The predicted molar refractivity (Wildman–Crippen MR) is 212 cm³/mol. The molecule has 273 valence electrons. The molecule has 51 heavy (non-hydrogen) atoms. The number of carbonyl (C=O) groups excluding carboxylic acids is 1. The summed E-state index contributed by atoms with van der Waals surface area (Å²) in [6, 6.07) is 21.0. The monoisotopic (exact) mass is 861 g/mol. The maximum absolute atomic E-state index is 12.2. The zero-order valence-electron chi connectivity index (χ0n) is 32.8. The van der Waals surface area contributed by atoms with Crippen molar-refractivity contribution >= 4 is 27.7 Å². The average molecular weight is 861 g/mol. The van der Waals surface area contributed by atoms with Gasteiger partial charge in [0.2, 0.25) is 0 Å². The van der Waals surface area contributed by atoms with E-state index in [-0.39, 0.29) is 43.3 Å². The van der Waals surface area contributed by atoms with Crippen molar-refractivity contribution in [3.05, 3.63) is 105 Å². The van der Waals surface area contributed by atoms with Crippen LogP contribution in [0.15, 0.2) is 64.7 Å². The minimum Gasteiger partial charge on any atom is -0.685 e. The SMILES string of the molecule is CCC(CC)C(=O)/C=C(\[N-]C(C)C)C(CC)CC.Cc1cc(C)c2c(C)cc(-c3[c-]ccc4c3C(C)(C)c3c-4oc4ccc(C)cc34)nc2c1.[Ir]. The number of hydrogen-bond donors (Lipinski definition) is 0. The summed E-state index contributed by atoms with van der Waals surface area (Å²) in [6.45, 7) is 25.9. The molecule has 0 atom stereocenters. The molecule has 2 aromatic heterocycles. The molecule has 1 radical (unpaired) electrons. The molecule has 1 aliphatic carbocycles. The van der Waals surface area contributed by atoms with Crippen molar-refractivity contribution in [2.45, 2.75) is 120 Å². The van der Waals surface area contributed by atoms with E-state index < -0.39 is 0 Å². The van der Waals surface area contributed by atoms with Gasteiger partial charge in [0.25, 0.3) is 0 Å². The summed E-state index contributed by atoms with van der Waals surface area (Å²) in [4.78, 5) is 17.3. The molecular weight excluding hydrogens is 805 g/mol. The Balaban J connectivity index is 0.000000266. The first-order valence-corrected chi connectivity index (χ1v) is 18.7. The molecule has 0 amide bonds. The fourth-order valence-electron chi connectivity index (χ4n) is 8.02. The molecule has 0 fully saturated rings. The molecular formula is C46H56IrN2O2-2. The van der Waals surface area contributed by atoms with Crippen LogP contribution in [0.1, 0.15) is 114 Å². The molecule has 0 saturated heterocycles. The Morgan fingerprint density at radius 1 is 0.863 bits per heavy atom. The number of benzene rings is 3. The van der Waals surface area contributed by atoms with Gasteiger partial charge >= 0.3 is 0 Å². The predicted octanol–water partition coefficient (Wildman–Crippen LogP) is 13.1. The molecule has 5 heteroatoms. The molecule has 0 unspecified atom stereocenters. The van der Waals surface area contributed by atoms with Crippen molar-refractivity contribution in [3.8, 4) is 22.6 Å². The molecule has 2 heterocycles. The van der Waals surface area contributed by atoms with E-state index in [0.717, 1.165) is 65.1 Å². The second-order valence-corrected chi connectivity index (χ2v) is 15.1. The third kappa shape index (κ3) is 7.96. The van der Waals surface area contributed by atoms with Gasteiger partial charge < -0.3 is 9.73 Å². The van der Waals surface area contributed by atoms with Gasteiger partial charge in [0, 0.05) is 42.4 Å². The van der Waals surface area contributed by atoms with Crippen LogP contribution < -0.4 is 0 Å². The van der Waals surface area contributed by atoms with Crippen molar-refractivity contribution in [2.24, 2.45) is 11.8 Å². The molecule has 0 bridgehead atoms. The van der Waals surface area contributed by atoms with Gasteiger partial charge in [-0.3, -0.25) is 9.78 Å². The molecule has 0 aliphatic heterocycles. The Labute approximate surface area is 320 Å². The first-order valence-electron chi connectivity index (χ1n) is 18.7.